The Hall–Kier alpha value is -2.71. The predicted molar refractivity (Wildman–Crippen MR) is 157 cm³/mol. The average molecular weight is 624 g/mol. The number of nitrogens with one attached hydrogen (secondary N) is 2. The number of fused-ring (bicyclic) bond motifs is 1. The molecule has 13 nitrogen and oxygen atoms in total. The third kappa shape index (κ3) is 9.40. The number of ketones is 1. The van der Waals surface area contributed by atoms with E-state index in [9.17, 15) is 39.3 Å². The van der Waals surface area contributed by atoms with Gasteiger partial charge in [-0.3, -0.25) is 28.9 Å². The van der Waals surface area contributed by atoms with E-state index in [0.29, 0.717) is 38.5 Å². The Balaban J connectivity index is 1.27. The van der Waals surface area contributed by atoms with E-state index in [1.165, 1.54) is 4.90 Å². The topological polar surface area (TPSA) is 192 Å². The van der Waals surface area contributed by atoms with Crippen LogP contribution in [0.15, 0.2) is 12.2 Å². The second-order valence-electron chi connectivity index (χ2n) is 12.0. The number of allylic oxidation sites excluding steroid dienone is 2. The van der Waals surface area contributed by atoms with Crippen LogP contribution in [-0.4, -0.2) is 107 Å². The van der Waals surface area contributed by atoms with E-state index in [1.54, 1.807) is 13.8 Å². The number of aliphatic hydroxyl groups excluding tert-OH is 3. The number of aliphatic hydroxyl groups is 3. The first-order chi connectivity index (χ1) is 21.0. The van der Waals surface area contributed by atoms with Crippen molar-refractivity contribution in [3.63, 3.8) is 0 Å². The molecule has 6 unspecified atom stereocenters. The molecule has 248 valence electrons. The van der Waals surface area contributed by atoms with Crippen LogP contribution in [0.25, 0.3) is 0 Å². The lowest BCUT2D eigenvalue weighted by Crippen LogP contribution is -2.57. The summed E-state index contributed by atoms with van der Waals surface area (Å²) in [4.78, 5) is 63.7. The summed E-state index contributed by atoms with van der Waals surface area (Å²) in [7, 11) is 0. The lowest BCUT2D eigenvalue weighted by molar-refractivity contribution is -0.293. The number of imide groups is 1. The smallest absolute Gasteiger partial charge is 0.233 e. The van der Waals surface area contributed by atoms with E-state index in [1.807, 2.05) is 19.1 Å². The summed E-state index contributed by atoms with van der Waals surface area (Å²) in [6.45, 7) is 6.17. The third-order valence-electron chi connectivity index (χ3n) is 8.80. The SMILES string of the molecule is CCC(=O)CCN1C(=O)C2C(C)C=CC(CCC(=O)NCCNC(=O)CCCCCO[C@@H]3OC(C)[C@H](O)[C@H](O)C3O)C2C1=O. The molecule has 9 atom stereocenters. The molecule has 3 rings (SSSR count). The molecule has 2 heterocycles. The van der Waals surface area contributed by atoms with Crippen molar-refractivity contribution >= 4 is 29.4 Å². The first-order valence-electron chi connectivity index (χ1n) is 15.9. The number of amides is 4. The number of Topliss-reactive ketones (excluding diaryl/α,β-unsaturated/α-hetero) is 1. The van der Waals surface area contributed by atoms with E-state index in [2.05, 4.69) is 10.6 Å². The number of unbranched alkanes of at least 4 members (excludes halogenated alkanes) is 2. The van der Waals surface area contributed by atoms with Crippen LogP contribution in [0.5, 0.6) is 0 Å². The Morgan fingerprint density at radius 3 is 2.20 bits per heavy atom. The molecule has 5 N–H and O–H groups in total. The van der Waals surface area contributed by atoms with Gasteiger partial charge in [-0.1, -0.05) is 32.4 Å². The quantitative estimate of drug-likeness (QED) is 0.0849. The summed E-state index contributed by atoms with van der Waals surface area (Å²) < 4.78 is 10.9. The second-order valence-corrected chi connectivity index (χ2v) is 12.0. The number of carbonyl (C=O) groups excluding carboxylic acids is 5. The van der Waals surface area contributed by atoms with Crippen LogP contribution in [-0.2, 0) is 33.4 Å². The first kappa shape index (κ1) is 35.8. The van der Waals surface area contributed by atoms with Gasteiger partial charge in [-0.25, -0.2) is 0 Å². The van der Waals surface area contributed by atoms with Gasteiger partial charge in [0.25, 0.3) is 0 Å². The fraction of sp³-hybridized carbons (Fsp3) is 0.774. The van der Waals surface area contributed by atoms with Gasteiger partial charge >= 0.3 is 0 Å². The van der Waals surface area contributed by atoms with Crippen molar-refractivity contribution in [2.24, 2.45) is 23.7 Å². The summed E-state index contributed by atoms with van der Waals surface area (Å²) in [5, 5.41) is 35.0. The van der Waals surface area contributed by atoms with E-state index >= 15 is 0 Å². The van der Waals surface area contributed by atoms with Crippen molar-refractivity contribution in [2.75, 3.05) is 26.2 Å². The van der Waals surface area contributed by atoms with Crippen LogP contribution in [0, 0.1) is 23.7 Å². The van der Waals surface area contributed by atoms with E-state index in [0.717, 1.165) is 0 Å². The number of ether oxygens (including phenoxy) is 2. The molecule has 1 aliphatic carbocycles. The zero-order valence-electron chi connectivity index (χ0n) is 26.0. The van der Waals surface area contributed by atoms with Gasteiger partial charge in [0, 0.05) is 51.9 Å². The van der Waals surface area contributed by atoms with Crippen LogP contribution in [0.3, 0.4) is 0 Å². The molecule has 3 aliphatic rings. The lowest BCUT2D eigenvalue weighted by Gasteiger charge is -2.38. The predicted octanol–water partition coefficient (Wildman–Crippen LogP) is 0.196. The fourth-order valence-corrected chi connectivity index (χ4v) is 6.04. The largest absolute Gasteiger partial charge is 0.388 e. The maximum absolute atomic E-state index is 13.1. The molecule has 0 saturated carbocycles. The van der Waals surface area contributed by atoms with Crippen molar-refractivity contribution in [2.45, 2.75) is 103 Å². The van der Waals surface area contributed by atoms with Gasteiger partial charge in [0.05, 0.1) is 17.9 Å². The molecule has 44 heavy (non-hydrogen) atoms. The molecule has 13 heteroatoms. The standard InChI is InChI=1S/C31H49N3O10/c1-4-21(35)13-16-34-29(41)24-18(2)9-10-20(25(24)30(34)42)11-12-23(37)33-15-14-32-22(36)8-6-5-7-17-43-31-28(40)27(39)26(38)19(3)44-31/h9-10,18-20,24-28,31,38-40H,4-8,11-17H2,1-3H3,(H,32,36)(H,33,37)/t18?,19?,20?,24?,25?,26-,27-,28?,31+/m0/s1. The highest BCUT2D eigenvalue weighted by molar-refractivity contribution is 6.06. The molecule has 0 aromatic heterocycles. The second kappa shape index (κ2) is 17.1. The summed E-state index contributed by atoms with van der Waals surface area (Å²) >= 11 is 0. The minimum atomic E-state index is -1.34. The van der Waals surface area contributed by atoms with Crippen LogP contribution in [0.4, 0.5) is 0 Å². The normalized spacial score (nSPS) is 31.6. The van der Waals surface area contributed by atoms with Crippen LogP contribution in [0.2, 0.25) is 0 Å². The summed E-state index contributed by atoms with van der Waals surface area (Å²) in [6, 6.07) is 0. The van der Waals surface area contributed by atoms with Gasteiger partial charge in [-0.2, -0.15) is 0 Å². The maximum atomic E-state index is 13.1. The fourth-order valence-electron chi connectivity index (χ4n) is 6.04. The van der Waals surface area contributed by atoms with Gasteiger partial charge in [0.2, 0.25) is 23.6 Å². The molecule has 0 aromatic rings. The van der Waals surface area contributed by atoms with Crippen molar-refractivity contribution < 1.29 is 48.8 Å². The molecule has 0 aromatic carbocycles. The average Bonchev–Trinajstić information content (AvgIpc) is 3.26. The summed E-state index contributed by atoms with van der Waals surface area (Å²) in [5.74, 6) is -2.14. The van der Waals surface area contributed by atoms with Crippen molar-refractivity contribution in [3.8, 4) is 0 Å². The molecular formula is C31H49N3O10. The van der Waals surface area contributed by atoms with E-state index in [-0.39, 0.29) is 80.3 Å². The molecule has 0 radical (unpaired) electrons. The van der Waals surface area contributed by atoms with Gasteiger partial charge < -0.3 is 35.4 Å². The Bertz CT molecular complexity index is 1050. The van der Waals surface area contributed by atoms with Gasteiger partial charge in [0.15, 0.2) is 6.29 Å². The van der Waals surface area contributed by atoms with E-state index in [4.69, 9.17) is 9.47 Å². The zero-order valence-corrected chi connectivity index (χ0v) is 26.0. The number of carbonyl (C=O) groups is 5. The van der Waals surface area contributed by atoms with Crippen LogP contribution < -0.4 is 10.6 Å². The molecule has 4 amide bonds. The molecule has 2 fully saturated rings. The highest BCUT2D eigenvalue weighted by Gasteiger charge is 2.53. The third-order valence-corrected chi connectivity index (χ3v) is 8.80. The number of likely N-dealkylation sites (tertiary alicyclic amines) is 1. The summed E-state index contributed by atoms with van der Waals surface area (Å²) in [5.41, 5.74) is 0. The monoisotopic (exact) mass is 623 g/mol. The summed E-state index contributed by atoms with van der Waals surface area (Å²) in [6.07, 6.45) is 1.71. The van der Waals surface area contributed by atoms with Crippen molar-refractivity contribution in [1.29, 1.82) is 0 Å². The molecule has 2 saturated heterocycles. The molecule has 0 spiro atoms. The number of rotatable bonds is 17. The zero-order chi connectivity index (χ0) is 32.4. The van der Waals surface area contributed by atoms with Gasteiger partial charge in [-0.05, 0) is 38.0 Å². The molecule has 2 aliphatic heterocycles. The first-order valence-corrected chi connectivity index (χ1v) is 15.9. The Morgan fingerprint density at radius 2 is 1.52 bits per heavy atom. The Morgan fingerprint density at radius 1 is 0.864 bits per heavy atom. The maximum Gasteiger partial charge on any atom is 0.233 e. The van der Waals surface area contributed by atoms with E-state index < -0.39 is 42.5 Å². The van der Waals surface area contributed by atoms with Gasteiger partial charge in [-0.15, -0.1) is 0 Å². The number of hydrogen-bond acceptors (Lipinski definition) is 10. The van der Waals surface area contributed by atoms with Crippen LogP contribution in [0.1, 0.15) is 72.1 Å². The Labute approximate surface area is 258 Å². The lowest BCUT2D eigenvalue weighted by atomic mass is 9.71. The van der Waals surface area contributed by atoms with Crippen molar-refractivity contribution in [1.82, 2.24) is 15.5 Å². The number of nitrogens with zero attached hydrogens (tertiary/aromatic N) is 1. The van der Waals surface area contributed by atoms with Crippen molar-refractivity contribution in [3.05, 3.63) is 12.2 Å². The minimum absolute atomic E-state index is 0.00488. The molecule has 0 bridgehead atoms. The molecular weight excluding hydrogens is 574 g/mol. The van der Waals surface area contributed by atoms with Crippen LogP contribution >= 0.6 is 0 Å². The highest BCUT2D eigenvalue weighted by Crippen LogP contribution is 2.43. The van der Waals surface area contributed by atoms with Gasteiger partial charge in [0.1, 0.15) is 24.1 Å². The number of hydrogen-bond donors (Lipinski definition) is 5. The Kier molecular flexibility index (Phi) is 13.9. The minimum Gasteiger partial charge on any atom is -0.388 e. The highest BCUT2D eigenvalue weighted by atomic mass is 16.7.